The van der Waals surface area contributed by atoms with Crippen molar-refractivity contribution in [1.82, 2.24) is 13.7 Å². The van der Waals surface area contributed by atoms with Crippen LogP contribution in [0.4, 0.5) is 0 Å². The predicted octanol–water partition coefficient (Wildman–Crippen LogP) is 16.2. The fraction of sp³-hybridized carbons (Fsp3) is 0. The molecule has 298 valence electrons. The van der Waals surface area contributed by atoms with Crippen LogP contribution < -0.4 is 0 Å². The molecule has 0 N–H and O–H groups in total. The third-order valence-corrected chi connectivity index (χ3v) is 13.4. The molecule has 4 heterocycles. The topological polar surface area (TPSA) is 27.9 Å². The number of benzene rings is 10. The highest BCUT2D eigenvalue weighted by atomic mass is 16.3. The van der Waals surface area contributed by atoms with E-state index >= 15 is 0 Å². The lowest BCUT2D eigenvalue weighted by Crippen LogP contribution is -1.94. The lowest BCUT2D eigenvalue weighted by atomic mass is 10.0. The van der Waals surface area contributed by atoms with E-state index in [-0.39, 0.29) is 0 Å². The minimum Gasteiger partial charge on any atom is -0.456 e. The van der Waals surface area contributed by atoms with Gasteiger partial charge in [-0.25, -0.2) is 0 Å². The van der Waals surface area contributed by atoms with E-state index < -0.39 is 0 Å². The average molecular weight is 816 g/mol. The molecule has 0 fully saturated rings. The molecule has 0 aliphatic carbocycles. The van der Waals surface area contributed by atoms with Crippen LogP contribution in [0.5, 0.6) is 0 Å². The van der Waals surface area contributed by atoms with Crippen molar-refractivity contribution in [2.75, 3.05) is 0 Å². The predicted molar refractivity (Wildman–Crippen MR) is 268 cm³/mol. The Morgan fingerprint density at radius 2 is 0.594 bits per heavy atom. The van der Waals surface area contributed by atoms with Gasteiger partial charge in [-0.3, -0.25) is 0 Å². The SMILES string of the molecule is c1ccc(-n2c3ccccc3c3cc(-c4ccc5c(c4)c4ccccc4n5-c4cccc(-c5ccc6oc7ccc(-n8c9ccccc9c9ccccc98)cc7c6c5)c4)ccc32)cc1. The molecule has 64 heavy (non-hydrogen) atoms. The normalized spacial score (nSPS) is 12.1. The van der Waals surface area contributed by atoms with E-state index in [9.17, 15) is 0 Å². The summed E-state index contributed by atoms with van der Waals surface area (Å²) in [5, 5.41) is 9.68. The van der Waals surface area contributed by atoms with Gasteiger partial charge in [-0.2, -0.15) is 0 Å². The summed E-state index contributed by atoms with van der Waals surface area (Å²) in [6.45, 7) is 0. The van der Waals surface area contributed by atoms with Crippen molar-refractivity contribution in [3.8, 4) is 39.3 Å². The van der Waals surface area contributed by atoms with E-state index in [0.717, 1.165) is 44.4 Å². The molecule has 14 aromatic rings. The summed E-state index contributed by atoms with van der Waals surface area (Å²) in [6.07, 6.45) is 0. The molecule has 0 amide bonds. The zero-order valence-corrected chi connectivity index (χ0v) is 34.6. The van der Waals surface area contributed by atoms with Crippen molar-refractivity contribution in [2.45, 2.75) is 0 Å². The maximum Gasteiger partial charge on any atom is 0.135 e. The second kappa shape index (κ2) is 13.4. The number of hydrogen-bond acceptors (Lipinski definition) is 1. The van der Waals surface area contributed by atoms with Gasteiger partial charge < -0.3 is 18.1 Å². The molecule has 0 unspecified atom stereocenters. The number of fused-ring (bicyclic) bond motifs is 12. The zero-order valence-electron chi connectivity index (χ0n) is 34.6. The van der Waals surface area contributed by atoms with Gasteiger partial charge >= 0.3 is 0 Å². The highest BCUT2D eigenvalue weighted by molar-refractivity contribution is 6.14. The molecule has 0 saturated heterocycles. The summed E-state index contributed by atoms with van der Waals surface area (Å²) < 4.78 is 13.6. The fourth-order valence-electron chi connectivity index (χ4n) is 10.5. The van der Waals surface area contributed by atoms with E-state index in [2.05, 4.69) is 238 Å². The molecule has 0 aliphatic heterocycles. The van der Waals surface area contributed by atoms with Crippen molar-refractivity contribution in [2.24, 2.45) is 0 Å². The molecule has 0 radical (unpaired) electrons. The van der Waals surface area contributed by atoms with E-state index in [4.69, 9.17) is 4.42 Å². The van der Waals surface area contributed by atoms with Gasteiger partial charge in [0.25, 0.3) is 0 Å². The van der Waals surface area contributed by atoms with Crippen molar-refractivity contribution in [3.05, 3.63) is 224 Å². The van der Waals surface area contributed by atoms with Crippen LogP contribution in [0.25, 0.3) is 127 Å². The quantitative estimate of drug-likeness (QED) is 0.170. The summed E-state index contributed by atoms with van der Waals surface area (Å²) in [4.78, 5) is 0. The lowest BCUT2D eigenvalue weighted by molar-refractivity contribution is 0.669. The Balaban J connectivity index is 0.876. The van der Waals surface area contributed by atoms with Crippen LogP contribution in [-0.4, -0.2) is 13.7 Å². The first-order chi connectivity index (χ1) is 31.7. The minimum atomic E-state index is 0.883. The summed E-state index contributed by atoms with van der Waals surface area (Å²) in [5.41, 5.74) is 17.0. The zero-order chi connectivity index (χ0) is 41.9. The average Bonchev–Trinajstić information content (AvgIpc) is 4.10. The maximum absolute atomic E-state index is 6.46. The van der Waals surface area contributed by atoms with Gasteiger partial charge in [0.2, 0.25) is 0 Å². The summed E-state index contributed by atoms with van der Waals surface area (Å²) in [6, 6.07) is 81.5. The Kier molecular flexibility index (Phi) is 7.36. The Morgan fingerprint density at radius 1 is 0.219 bits per heavy atom. The first-order valence-electron chi connectivity index (χ1n) is 21.9. The van der Waals surface area contributed by atoms with Crippen LogP contribution in [0.3, 0.4) is 0 Å². The van der Waals surface area contributed by atoms with Crippen molar-refractivity contribution < 1.29 is 4.42 Å². The molecule has 10 aromatic carbocycles. The van der Waals surface area contributed by atoms with Gasteiger partial charge in [0.15, 0.2) is 0 Å². The largest absolute Gasteiger partial charge is 0.456 e. The molecule has 4 aromatic heterocycles. The number of furan rings is 1. The van der Waals surface area contributed by atoms with Gasteiger partial charge in [0, 0.05) is 60.2 Å². The first kappa shape index (κ1) is 35.0. The fourth-order valence-corrected chi connectivity index (χ4v) is 10.5. The summed E-state index contributed by atoms with van der Waals surface area (Å²) in [5.74, 6) is 0. The Bertz CT molecular complexity index is 4140. The highest BCUT2D eigenvalue weighted by Crippen LogP contribution is 2.41. The van der Waals surface area contributed by atoms with Crippen molar-refractivity contribution >= 4 is 87.4 Å². The number of nitrogens with zero attached hydrogens (tertiary/aromatic N) is 3. The number of para-hydroxylation sites is 5. The van der Waals surface area contributed by atoms with Crippen LogP contribution in [0.15, 0.2) is 229 Å². The first-order valence-corrected chi connectivity index (χ1v) is 21.9. The van der Waals surface area contributed by atoms with E-state index in [1.807, 2.05) is 0 Å². The van der Waals surface area contributed by atoms with Gasteiger partial charge in [-0.1, -0.05) is 121 Å². The highest BCUT2D eigenvalue weighted by Gasteiger charge is 2.18. The molecular weight excluding hydrogens is 779 g/mol. The lowest BCUT2D eigenvalue weighted by Gasteiger charge is -2.11. The molecule has 14 rings (SSSR count). The maximum atomic E-state index is 6.46. The minimum absolute atomic E-state index is 0.883. The Hall–Kier alpha value is -8.60. The van der Waals surface area contributed by atoms with E-state index in [1.54, 1.807) is 0 Å². The van der Waals surface area contributed by atoms with Gasteiger partial charge in [-0.05, 0) is 125 Å². The number of aromatic nitrogens is 3. The van der Waals surface area contributed by atoms with Crippen molar-refractivity contribution in [3.63, 3.8) is 0 Å². The monoisotopic (exact) mass is 815 g/mol. The Morgan fingerprint density at radius 3 is 1.16 bits per heavy atom. The second-order valence-electron chi connectivity index (χ2n) is 16.9. The smallest absolute Gasteiger partial charge is 0.135 e. The number of rotatable bonds is 5. The van der Waals surface area contributed by atoms with Gasteiger partial charge in [0.05, 0.1) is 33.1 Å². The van der Waals surface area contributed by atoms with Crippen LogP contribution in [0.1, 0.15) is 0 Å². The van der Waals surface area contributed by atoms with Crippen LogP contribution in [0, 0.1) is 0 Å². The molecule has 0 atom stereocenters. The van der Waals surface area contributed by atoms with E-state index in [1.165, 1.54) is 82.2 Å². The molecule has 0 bridgehead atoms. The van der Waals surface area contributed by atoms with Crippen LogP contribution in [-0.2, 0) is 0 Å². The second-order valence-corrected chi connectivity index (χ2v) is 16.9. The molecule has 0 spiro atoms. The van der Waals surface area contributed by atoms with Crippen molar-refractivity contribution in [1.29, 1.82) is 0 Å². The molecule has 0 aliphatic rings. The molecule has 4 nitrogen and oxygen atoms in total. The third-order valence-electron chi connectivity index (χ3n) is 13.4. The van der Waals surface area contributed by atoms with Crippen LogP contribution >= 0.6 is 0 Å². The standard InChI is InChI=1S/C60H37N3O/c1-2-14-42(15-3-1)61-55-23-10-6-19-47(55)49-34-39(25-29-57(49)61)40-26-30-58-50(35-40)48-20-7-11-24-56(48)62(58)43-16-12-13-38(33-43)41-27-31-59-51(36-41)52-37-44(28-32-60(52)64-59)63-53-21-8-4-17-45(53)46-18-5-9-22-54(46)63/h1-37H. The molecule has 4 heteroatoms. The third kappa shape index (κ3) is 5.11. The summed E-state index contributed by atoms with van der Waals surface area (Å²) in [7, 11) is 0. The summed E-state index contributed by atoms with van der Waals surface area (Å²) >= 11 is 0. The van der Waals surface area contributed by atoms with Gasteiger partial charge in [0.1, 0.15) is 11.2 Å². The number of hydrogen-bond donors (Lipinski definition) is 0. The van der Waals surface area contributed by atoms with Crippen LogP contribution in [0.2, 0.25) is 0 Å². The van der Waals surface area contributed by atoms with Gasteiger partial charge in [-0.15, -0.1) is 0 Å². The Labute approximate surface area is 367 Å². The molecule has 0 saturated carbocycles. The van der Waals surface area contributed by atoms with E-state index in [0.29, 0.717) is 0 Å². The molecular formula is C60H37N3O.